The zero-order chi connectivity index (χ0) is 15.0. The van der Waals surface area contributed by atoms with Crippen molar-refractivity contribution in [2.75, 3.05) is 5.32 Å². The topological polar surface area (TPSA) is 12.0 Å². The molecule has 0 saturated heterocycles. The van der Waals surface area contributed by atoms with Gasteiger partial charge in [-0.05, 0) is 77.0 Å². The van der Waals surface area contributed by atoms with Gasteiger partial charge in [0.2, 0.25) is 0 Å². The SMILES string of the molecule is Cc1cc(Br)c(NC2CC(c3ccc(Br)cc3)C2)cc1Cl. The average Bonchev–Trinajstić information content (AvgIpc) is 2.40. The molecule has 0 bridgehead atoms. The molecule has 1 aliphatic carbocycles. The summed E-state index contributed by atoms with van der Waals surface area (Å²) in [4.78, 5) is 0. The molecule has 0 atom stereocenters. The van der Waals surface area contributed by atoms with Crippen LogP contribution in [0.1, 0.15) is 29.9 Å². The molecule has 0 spiro atoms. The van der Waals surface area contributed by atoms with Crippen molar-refractivity contribution in [1.82, 2.24) is 0 Å². The second-order valence-corrected chi connectivity index (χ2v) is 7.82. The van der Waals surface area contributed by atoms with Gasteiger partial charge in [0.15, 0.2) is 0 Å². The van der Waals surface area contributed by atoms with E-state index in [0.29, 0.717) is 12.0 Å². The first-order valence-electron chi connectivity index (χ1n) is 7.00. The van der Waals surface area contributed by atoms with Crippen molar-refractivity contribution < 1.29 is 0 Å². The Bertz CT molecular complexity index is 649. The highest BCUT2D eigenvalue weighted by molar-refractivity contribution is 9.10. The number of anilines is 1. The fourth-order valence-corrected chi connectivity index (χ4v) is 3.72. The van der Waals surface area contributed by atoms with Crippen LogP contribution < -0.4 is 5.32 Å². The van der Waals surface area contributed by atoms with Crippen LogP contribution in [0.25, 0.3) is 0 Å². The lowest BCUT2D eigenvalue weighted by Crippen LogP contribution is -2.34. The molecule has 3 rings (SSSR count). The van der Waals surface area contributed by atoms with Crippen LogP contribution in [0.15, 0.2) is 45.3 Å². The molecule has 0 radical (unpaired) electrons. The van der Waals surface area contributed by atoms with Gasteiger partial charge in [-0.15, -0.1) is 0 Å². The van der Waals surface area contributed by atoms with Gasteiger partial charge in [0, 0.05) is 20.0 Å². The summed E-state index contributed by atoms with van der Waals surface area (Å²) >= 11 is 13.3. The third kappa shape index (κ3) is 3.46. The summed E-state index contributed by atoms with van der Waals surface area (Å²) in [7, 11) is 0. The minimum absolute atomic E-state index is 0.522. The Kier molecular flexibility index (Phi) is 4.63. The monoisotopic (exact) mass is 427 g/mol. The molecular weight excluding hydrogens is 413 g/mol. The first kappa shape index (κ1) is 15.4. The van der Waals surface area contributed by atoms with Crippen LogP contribution in [0.3, 0.4) is 0 Å². The van der Waals surface area contributed by atoms with Crippen molar-refractivity contribution in [3.63, 3.8) is 0 Å². The van der Waals surface area contributed by atoms with Crippen molar-refractivity contribution in [1.29, 1.82) is 0 Å². The summed E-state index contributed by atoms with van der Waals surface area (Å²) in [6.45, 7) is 2.02. The van der Waals surface area contributed by atoms with Gasteiger partial charge in [-0.1, -0.05) is 39.7 Å². The number of rotatable bonds is 3. The molecule has 0 amide bonds. The van der Waals surface area contributed by atoms with Crippen LogP contribution >= 0.6 is 43.5 Å². The second kappa shape index (κ2) is 6.31. The van der Waals surface area contributed by atoms with E-state index in [1.54, 1.807) is 0 Å². The summed E-state index contributed by atoms with van der Waals surface area (Å²) in [5.74, 6) is 0.662. The Morgan fingerprint density at radius 3 is 2.43 bits per heavy atom. The third-order valence-electron chi connectivity index (χ3n) is 4.09. The number of hydrogen-bond acceptors (Lipinski definition) is 1. The van der Waals surface area contributed by atoms with Gasteiger partial charge in [0.05, 0.1) is 5.69 Å². The van der Waals surface area contributed by atoms with Crippen molar-refractivity contribution in [2.45, 2.75) is 31.7 Å². The second-order valence-electron chi connectivity index (χ2n) is 5.64. The van der Waals surface area contributed by atoms with E-state index in [2.05, 4.69) is 67.5 Å². The van der Waals surface area contributed by atoms with E-state index in [1.807, 2.05) is 13.0 Å². The maximum absolute atomic E-state index is 6.20. The van der Waals surface area contributed by atoms with Gasteiger partial charge in [0.25, 0.3) is 0 Å². The van der Waals surface area contributed by atoms with E-state index in [0.717, 1.165) is 25.2 Å². The highest BCUT2D eigenvalue weighted by Crippen LogP contribution is 2.40. The maximum Gasteiger partial charge on any atom is 0.0501 e. The fourth-order valence-electron chi connectivity index (χ4n) is 2.72. The Balaban J connectivity index is 1.62. The average molecular weight is 430 g/mol. The van der Waals surface area contributed by atoms with Crippen LogP contribution in [-0.2, 0) is 0 Å². The molecule has 1 aliphatic rings. The quantitative estimate of drug-likeness (QED) is 0.585. The minimum atomic E-state index is 0.522. The lowest BCUT2D eigenvalue weighted by Gasteiger charge is -2.37. The van der Waals surface area contributed by atoms with Crippen molar-refractivity contribution >= 4 is 49.1 Å². The Hall–Kier alpha value is -0.510. The molecule has 1 saturated carbocycles. The Morgan fingerprint density at radius 2 is 1.76 bits per heavy atom. The first-order chi connectivity index (χ1) is 10.0. The molecule has 1 N–H and O–H groups in total. The van der Waals surface area contributed by atoms with E-state index in [1.165, 1.54) is 18.4 Å². The van der Waals surface area contributed by atoms with Gasteiger partial charge >= 0.3 is 0 Å². The lowest BCUT2D eigenvalue weighted by molar-refractivity contribution is 0.374. The van der Waals surface area contributed by atoms with Gasteiger partial charge in [-0.25, -0.2) is 0 Å². The summed E-state index contributed by atoms with van der Waals surface area (Å²) in [5, 5.41) is 4.39. The zero-order valence-corrected chi connectivity index (χ0v) is 15.6. The van der Waals surface area contributed by atoms with Crippen LogP contribution in [0.4, 0.5) is 5.69 Å². The third-order valence-corrected chi connectivity index (χ3v) is 5.68. The summed E-state index contributed by atoms with van der Waals surface area (Å²) < 4.78 is 2.22. The van der Waals surface area contributed by atoms with Gasteiger partial charge in [0.1, 0.15) is 0 Å². The number of hydrogen-bond donors (Lipinski definition) is 1. The summed E-state index contributed by atoms with van der Waals surface area (Å²) in [6.07, 6.45) is 2.33. The molecule has 2 aromatic carbocycles. The standard InChI is InChI=1S/C17H16Br2ClN/c1-10-6-15(19)17(9-16(10)20)21-14-7-12(8-14)11-2-4-13(18)5-3-11/h2-6,9,12,14,21H,7-8H2,1H3. The Labute approximate surface area is 147 Å². The minimum Gasteiger partial charge on any atom is -0.381 e. The van der Waals surface area contributed by atoms with Crippen LogP contribution in [0.5, 0.6) is 0 Å². The van der Waals surface area contributed by atoms with Crippen molar-refractivity contribution in [3.8, 4) is 0 Å². The van der Waals surface area contributed by atoms with Crippen LogP contribution in [0, 0.1) is 6.92 Å². The fraction of sp³-hybridized carbons (Fsp3) is 0.294. The number of halogens is 3. The van der Waals surface area contributed by atoms with Crippen molar-refractivity contribution in [2.24, 2.45) is 0 Å². The zero-order valence-electron chi connectivity index (χ0n) is 11.7. The molecule has 0 aromatic heterocycles. The van der Waals surface area contributed by atoms with Gasteiger partial charge < -0.3 is 5.32 Å². The molecule has 4 heteroatoms. The van der Waals surface area contributed by atoms with Gasteiger partial charge in [-0.3, -0.25) is 0 Å². The normalized spacial score (nSPS) is 21.0. The Morgan fingerprint density at radius 1 is 1.10 bits per heavy atom. The largest absolute Gasteiger partial charge is 0.381 e. The highest BCUT2D eigenvalue weighted by atomic mass is 79.9. The number of aryl methyl sites for hydroxylation is 1. The molecule has 0 heterocycles. The first-order valence-corrected chi connectivity index (χ1v) is 8.97. The molecule has 21 heavy (non-hydrogen) atoms. The molecule has 1 fully saturated rings. The summed E-state index contributed by atoms with van der Waals surface area (Å²) in [6, 6.07) is 13.3. The highest BCUT2D eigenvalue weighted by Gasteiger charge is 2.30. The molecule has 110 valence electrons. The van der Waals surface area contributed by atoms with Crippen LogP contribution in [-0.4, -0.2) is 6.04 Å². The van der Waals surface area contributed by atoms with E-state index in [4.69, 9.17) is 11.6 Å². The van der Waals surface area contributed by atoms with E-state index < -0.39 is 0 Å². The van der Waals surface area contributed by atoms with Gasteiger partial charge in [-0.2, -0.15) is 0 Å². The number of benzene rings is 2. The predicted molar refractivity (Wildman–Crippen MR) is 97.4 cm³/mol. The maximum atomic E-state index is 6.20. The van der Waals surface area contributed by atoms with E-state index in [-0.39, 0.29) is 0 Å². The van der Waals surface area contributed by atoms with Crippen LogP contribution in [0.2, 0.25) is 5.02 Å². The molecule has 2 aromatic rings. The van der Waals surface area contributed by atoms with Crippen molar-refractivity contribution in [3.05, 3.63) is 61.5 Å². The predicted octanol–water partition coefficient (Wildman–Crippen LogP) is 6.53. The van der Waals surface area contributed by atoms with E-state index in [9.17, 15) is 0 Å². The molecule has 1 nitrogen and oxygen atoms in total. The molecule has 0 aliphatic heterocycles. The molecular formula is C17H16Br2ClN. The lowest BCUT2D eigenvalue weighted by atomic mass is 9.76. The number of nitrogens with one attached hydrogen (secondary N) is 1. The molecule has 0 unspecified atom stereocenters. The smallest absolute Gasteiger partial charge is 0.0501 e. The summed E-state index contributed by atoms with van der Waals surface area (Å²) in [5.41, 5.74) is 3.61. The van der Waals surface area contributed by atoms with E-state index >= 15 is 0 Å².